The monoisotopic (exact) mass is 603 g/mol. The quantitative estimate of drug-likeness (QED) is 0.225. The van der Waals surface area contributed by atoms with Crippen LogP contribution in [-0.2, 0) is 10.8 Å². The summed E-state index contributed by atoms with van der Waals surface area (Å²) < 4.78 is 59.1. The van der Waals surface area contributed by atoms with Crippen LogP contribution < -0.4 is 15.4 Å². The number of carbonyl (C=O) groups excluding carboxylic acids is 1. The number of rotatable bonds is 8. The number of anilines is 2. The van der Waals surface area contributed by atoms with E-state index in [0.717, 1.165) is 37.4 Å². The van der Waals surface area contributed by atoms with Crippen LogP contribution in [0.4, 0.5) is 24.7 Å². The van der Waals surface area contributed by atoms with E-state index in [4.69, 9.17) is 4.74 Å². The van der Waals surface area contributed by atoms with Crippen LogP contribution in [0.5, 0.6) is 5.75 Å². The maximum atomic E-state index is 13.6. The van der Waals surface area contributed by atoms with Gasteiger partial charge in [-0.2, -0.15) is 18.3 Å². The second-order valence-electron chi connectivity index (χ2n) is 10.5. The van der Waals surface area contributed by atoms with Gasteiger partial charge in [0.25, 0.3) is 0 Å². The first-order valence-electron chi connectivity index (χ1n) is 13.2. The first-order chi connectivity index (χ1) is 19.7. The predicted octanol–water partition coefficient (Wildman–Crippen LogP) is 4.24. The summed E-state index contributed by atoms with van der Waals surface area (Å²) in [5.41, 5.74) is -3.25. The molecule has 2 saturated heterocycles. The second-order valence-corrected chi connectivity index (χ2v) is 13.1. The molecule has 3 aromatic rings. The van der Waals surface area contributed by atoms with E-state index in [-0.39, 0.29) is 34.4 Å². The summed E-state index contributed by atoms with van der Waals surface area (Å²) in [7, 11) is 0.813. The van der Waals surface area contributed by atoms with E-state index in [1.165, 1.54) is 11.6 Å². The van der Waals surface area contributed by atoms with Crippen molar-refractivity contribution >= 4 is 45.9 Å². The average molecular weight is 604 g/mol. The van der Waals surface area contributed by atoms with Gasteiger partial charge in [0.1, 0.15) is 23.5 Å². The first-order valence-corrected chi connectivity index (χ1v) is 15.5. The minimum Gasteiger partial charge on any atom is -0.495 e. The van der Waals surface area contributed by atoms with Gasteiger partial charge in [-0.3, -0.25) is 13.9 Å². The van der Waals surface area contributed by atoms with Crippen LogP contribution in [0.2, 0.25) is 0 Å². The maximum Gasteiger partial charge on any atom is 0.446 e. The van der Waals surface area contributed by atoms with Gasteiger partial charge in [0, 0.05) is 52.5 Å². The number of thioether (sulfide) groups is 1. The van der Waals surface area contributed by atoms with E-state index < -0.39 is 16.3 Å². The smallest absolute Gasteiger partial charge is 0.446 e. The molecule has 0 bridgehead atoms. The van der Waals surface area contributed by atoms with Gasteiger partial charge in [0.2, 0.25) is 0 Å². The molecule has 41 heavy (non-hydrogen) atoms. The number of aldehydes is 1. The number of likely N-dealkylation sites (tertiary alicyclic amines) is 1. The summed E-state index contributed by atoms with van der Waals surface area (Å²) in [6, 6.07) is 10.5. The molecule has 0 radical (unpaired) electrons. The number of nitrogens with zero attached hydrogens (tertiary/aromatic N) is 3. The molecular weight excluding hydrogens is 575 g/mol. The number of halogens is 3. The number of pyridine rings is 1. The molecule has 6 rings (SSSR count). The number of hydrogen-bond acceptors (Lipinski definition) is 8. The highest BCUT2D eigenvalue weighted by atomic mass is 32.2. The third-order valence-corrected chi connectivity index (χ3v) is 10.3. The molecule has 2 unspecified atom stereocenters. The van der Waals surface area contributed by atoms with Gasteiger partial charge < -0.3 is 15.4 Å². The Balaban J connectivity index is 1.23. The lowest BCUT2D eigenvalue weighted by atomic mass is 10.0. The number of piperidine rings is 1. The molecule has 4 heterocycles. The van der Waals surface area contributed by atoms with Crippen molar-refractivity contribution in [3.05, 3.63) is 47.7 Å². The van der Waals surface area contributed by atoms with Crippen molar-refractivity contribution in [3.8, 4) is 17.6 Å². The molecule has 1 saturated carbocycles. The van der Waals surface area contributed by atoms with E-state index in [1.54, 1.807) is 30.3 Å². The summed E-state index contributed by atoms with van der Waals surface area (Å²) in [5, 5.41) is 11.2. The Labute approximate surface area is 241 Å². The van der Waals surface area contributed by atoms with Crippen molar-refractivity contribution in [3.63, 3.8) is 0 Å². The lowest BCUT2D eigenvalue weighted by Crippen LogP contribution is -2.54. The zero-order valence-corrected chi connectivity index (χ0v) is 23.8. The van der Waals surface area contributed by atoms with E-state index in [2.05, 4.69) is 32.5 Å². The van der Waals surface area contributed by atoms with E-state index in [9.17, 15) is 22.2 Å². The average Bonchev–Trinajstić information content (AvgIpc) is 3.54. The number of aromatic nitrogens is 2. The van der Waals surface area contributed by atoms with Crippen LogP contribution in [0.1, 0.15) is 28.9 Å². The SMILES string of the molecule is COc1ccc(C=O)cc1NCC#Cc1nn2c(NC34CCN(C5CS(=O)C5)CC3C4)cccc2c1SC(F)(F)F. The lowest BCUT2D eigenvalue weighted by molar-refractivity contribution is -0.0327. The molecule has 216 valence electrons. The fraction of sp³-hybridized carbons (Fsp3) is 0.429. The Hall–Kier alpha value is -3.21. The normalized spacial score (nSPS) is 25.4. The maximum absolute atomic E-state index is 13.6. The van der Waals surface area contributed by atoms with Crippen molar-refractivity contribution in [2.75, 3.05) is 48.9 Å². The summed E-state index contributed by atoms with van der Waals surface area (Å²) in [6.07, 6.45) is 2.60. The molecule has 0 amide bonds. The second kappa shape index (κ2) is 10.9. The zero-order valence-electron chi connectivity index (χ0n) is 22.2. The fourth-order valence-electron chi connectivity index (χ4n) is 5.68. The summed E-state index contributed by atoms with van der Waals surface area (Å²) in [5.74, 6) is 8.75. The van der Waals surface area contributed by atoms with Crippen LogP contribution in [-0.4, -0.2) is 80.3 Å². The Morgan fingerprint density at radius 3 is 2.83 bits per heavy atom. The predicted molar refractivity (Wildman–Crippen MR) is 153 cm³/mol. The summed E-state index contributed by atoms with van der Waals surface area (Å²) in [4.78, 5) is 13.5. The minimum absolute atomic E-state index is 0.0367. The first kappa shape index (κ1) is 27.9. The van der Waals surface area contributed by atoms with Gasteiger partial charge >= 0.3 is 5.51 Å². The summed E-state index contributed by atoms with van der Waals surface area (Å²) >= 11 is -0.219. The molecule has 1 aliphatic carbocycles. The third-order valence-electron chi connectivity index (χ3n) is 7.95. The summed E-state index contributed by atoms with van der Waals surface area (Å²) in [6.45, 7) is 1.94. The Morgan fingerprint density at radius 2 is 2.12 bits per heavy atom. The number of carbonyl (C=O) groups is 1. The molecule has 2 atom stereocenters. The molecule has 8 nitrogen and oxygen atoms in total. The Morgan fingerprint density at radius 1 is 1.29 bits per heavy atom. The number of methoxy groups -OCH3 is 1. The third kappa shape index (κ3) is 5.78. The zero-order chi connectivity index (χ0) is 28.8. The molecule has 0 spiro atoms. The molecule has 1 aromatic carbocycles. The number of benzene rings is 1. The lowest BCUT2D eigenvalue weighted by Gasteiger charge is -2.41. The van der Waals surface area contributed by atoms with Gasteiger partial charge in [-0.05, 0) is 66.8 Å². The van der Waals surface area contributed by atoms with Crippen molar-refractivity contribution in [1.82, 2.24) is 14.5 Å². The van der Waals surface area contributed by atoms with Crippen LogP contribution in [0, 0.1) is 17.8 Å². The molecule has 2 aromatic heterocycles. The van der Waals surface area contributed by atoms with Crippen molar-refractivity contribution in [2.24, 2.45) is 5.92 Å². The number of ether oxygens (including phenoxy) is 1. The highest BCUT2D eigenvalue weighted by Gasteiger charge is 2.58. The number of alkyl halides is 3. The van der Waals surface area contributed by atoms with Crippen LogP contribution in [0.15, 0.2) is 41.3 Å². The van der Waals surface area contributed by atoms with E-state index in [1.807, 2.05) is 6.07 Å². The highest BCUT2D eigenvalue weighted by Crippen LogP contribution is 2.52. The Kier molecular flexibility index (Phi) is 7.42. The van der Waals surface area contributed by atoms with E-state index in [0.29, 0.717) is 46.6 Å². The largest absolute Gasteiger partial charge is 0.495 e. The highest BCUT2D eigenvalue weighted by molar-refractivity contribution is 8.00. The molecule has 2 aliphatic heterocycles. The van der Waals surface area contributed by atoms with Gasteiger partial charge in [-0.25, -0.2) is 4.52 Å². The van der Waals surface area contributed by atoms with Crippen molar-refractivity contribution in [2.45, 2.75) is 34.8 Å². The Bertz CT molecular complexity index is 1580. The topological polar surface area (TPSA) is 88.0 Å². The molecular formula is C28H28F3N5O3S2. The molecule has 3 fully saturated rings. The van der Waals surface area contributed by atoms with E-state index >= 15 is 0 Å². The van der Waals surface area contributed by atoms with Crippen LogP contribution >= 0.6 is 11.8 Å². The molecule has 3 aliphatic rings. The molecule has 13 heteroatoms. The number of hydrogen-bond donors (Lipinski definition) is 2. The van der Waals surface area contributed by atoms with Gasteiger partial charge in [0.15, 0.2) is 0 Å². The van der Waals surface area contributed by atoms with Crippen molar-refractivity contribution in [1.29, 1.82) is 0 Å². The van der Waals surface area contributed by atoms with Crippen molar-refractivity contribution < 1.29 is 26.9 Å². The minimum atomic E-state index is -4.51. The standard InChI is InChI=1S/C28H28F3N5O3S2/c1-39-24-8-7-18(15-37)12-22(24)32-10-3-4-21-26(40-28(29,30)31)23-5-2-6-25(36(23)34-21)33-27-9-11-35(14-19(27)13-27)20-16-41(38)17-20/h2,5-8,12,15,19-20,32-33H,9-11,13-14,16-17H2,1H3. The van der Waals surface area contributed by atoms with Gasteiger partial charge in [0.05, 0.1) is 29.8 Å². The van der Waals surface area contributed by atoms with Gasteiger partial charge in [-0.1, -0.05) is 12.0 Å². The fourth-order valence-corrected chi connectivity index (χ4v) is 7.54. The molecule has 2 N–H and O–H groups in total. The number of fused-ring (bicyclic) bond motifs is 2. The van der Waals surface area contributed by atoms with Crippen LogP contribution in [0.25, 0.3) is 5.52 Å². The van der Waals surface area contributed by atoms with Crippen LogP contribution in [0.3, 0.4) is 0 Å². The number of nitrogens with one attached hydrogen (secondary N) is 2. The van der Waals surface area contributed by atoms with Gasteiger partial charge in [-0.15, -0.1) is 0 Å².